The van der Waals surface area contributed by atoms with Crippen LogP contribution >= 0.6 is 0 Å². The van der Waals surface area contributed by atoms with Crippen molar-refractivity contribution in [2.75, 3.05) is 19.3 Å². The Balaban J connectivity index is 1.42. The zero-order valence-corrected chi connectivity index (χ0v) is 18.7. The molecule has 2 saturated carbocycles. The molecule has 2 unspecified atom stereocenters. The number of carbonyl (C=O) groups is 1. The van der Waals surface area contributed by atoms with Crippen LogP contribution in [0.15, 0.2) is 27.5 Å². The molecule has 0 N–H and O–H groups in total. The van der Waals surface area contributed by atoms with E-state index >= 15 is 0 Å². The molecule has 3 fully saturated rings. The second-order valence-corrected chi connectivity index (χ2v) is 11.2. The molecule has 5 rings (SSSR count). The van der Waals surface area contributed by atoms with Crippen LogP contribution in [0.5, 0.6) is 5.75 Å². The lowest BCUT2D eigenvalue weighted by atomic mass is 10.1. The van der Waals surface area contributed by atoms with Gasteiger partial charge in [0.25, 0.3) is 5.91 Å². The molecule has 2 aliphatic carbocycles. The molecule has 3 atom stereocenters. The highest BCUT2D eigenvalue weighted by molar-refractivity contribution is 7.90. The molecule has 12 heteroatoms. The first kappa shape index (κ1) is 22.2. The smallest absolute Gasteiger partial charge is 0.425 e. The van der Waals surface area contributed by atoms with Crippen molar-refractivity contribution in [3.05, 3.63) is 35.5 Å². The minimum absolute atomic E-state index is 0.102. The van der Waals surface area contributed by atoms with Gasteiger partial charge in [-0.15, -0.1) is 10.2 Å². The molecule has 178 valence electrons. The molecule has 1 aliphatic heterocycles. The second-order valence-electron chi connectivity index (χ2n) is 9.19. The van der Waals surface area contributed by atoms with Crippen LogP contribution < -0.4 is 4.74 Å². The van der Waals surface area contributed by atoms with Crippen LogP contribution in [0.25, 0.3) is 0 Å². The summed E-state index contributed by atoms with van der Waals surface area (Å²) in [6, 6.07) is 3.30. The number of nitrogens with zero attached hydrogens (tertiary/aromatic N) is 3. The van der Waals surface area contributed by atoms with E-state index in [0.29, 0.717) is 24.2 Å². The van der Waals surface area contributed by atoms with Crippen LogP contribution in [-0.4, -0.2) is 61.0 Å². The molecule has 8 nitrogen and oxygen atoms in total. The fourth-order valence-electron chi connectivity index (χ4n) is 4.34. The van der Waals surface area contributed by atoms with Gasteiger partial charge in [0.05, 0.1) is 15.9 Å². The number of alkyl halides is 3. The summed E-state index contributed by atoms with van der Waals surface area (Å²) in [6.45, 7) is 1.45. The molecule has 33 heavy (non-hydrogen) atoms. The van der Waals surface area contributed by atoms with E-state index in [9.17, 15) is 26.4 Å². The number of benzene rings is 1. The molecular weight excluding hydrogens is 463 g/mol. The molecule has 2 aromatic rings. The Labute approximate surface area is 188 Å². The minimum atomic E-state index is -4.65. The summed E-state index contributed by atoms with van der Waals surface area (Å²) in [5.74, 6) is 0.571. The molecular formula is C21H22F3N3O5S. The number of ether oxygens (including phenoxy) is 1. The average molecular weight is 485 g/mol. The van der Waals surface area contributed by atoms with E-state index in [0.717, 1.165) is 50.6 Å². The van der Waals surface area contributed by atoms with Gasteiger partial charge in [-0.3, -0.25) is 4.79 Å². The van der Waals surface area contributed by atoms with Gasteiger partial charge in [0.1, 0.15) is 5.75 Å². The van der Waals surface area contributed by atoms with Gasteiger partial charge in [-0.25, -0.2) is 8.42 Å². The molecule has 1 aromatic heterocycles. The van der Waals surface area contributed by atoms with Gasteiger partial charge in [-0.05, 0) is 50.3 Å². The average Bonchev–Trinajstić information content (AvgIpc) is 3.61. The summed E-state index contributed by atoms with van der Waals surface area (Å²) in [4.78, 5) is 14.7. The fourth-order valence-corrected chi connectivity index (χ4v) is 4.98. The molecule has 2 heterocycles. The van der Waals surface area contributed by atoms with Crippen LogP contribution in [0.4, 0.5) is 13.2 Å². The maximum Gasteiger partial charge on any atom is 0.425 e. The molecule has 3 aliphatic rings. The van der Waals surface area contributed by atoms with Crippen LogP contribution in [-0.2, 0) is 15.3 Å². The summed E-state index contributed by atoms with van der Waals surface area (Å²) < 4.78 is 74.1. The Morgan fingerprint density at radius 1 is 1.30 bits per heavy atom. The number of rotatable bonds is 6. The predicted molar refractivity (Wildman–Crippen MR) is 108 cm³/mol. The predicted octanol–water partition coefficient (Wildman–Crippen LogP) is 3.09. The topological polar surface area (TPSA) is 103 Å². The van der Waals surface area contributed by atoms with Crippen LogP contribution in [0.2, 0.25) is 0 Å². The third-order valence-electron chi connectivity index (χ3n) is 6.60. The number of piperidine rings is 1. The maximum absolute atomic E-state index is 13.3. The Morgan fingerprint density at radius 3 is 2.67 bits per heavy atom. The minimum Gasteiger partial charge on any atom is -0.480 e. The number of hydrogen-bond acceptors (Lipinski definition) is 7. The molecule has 0 radical (unpaired) electrons. The lowest BCUT2D eigenvalue weighted by Gasteiger charge is -2.24. The highest BCUT2D eigenvalue weighted by Crippen LogP contribution is 2.59. The number of likely N-dealkylation sites (tertiary alicyclic amines) is 1. The van der Waals surface area contributed by atoms with Crippen molar-refractivity contribution in [3.8, 4) is 5.75 Å². The Bertz CT molecular complexity index is 1220. The highest BCUT2D eigenvalue weighted by Gasteiger charge is 2.65. The van der Waals surface area contributed by atoms with Crippen LogP contribution in [0, 0.1) is 5.92 Å². The monoisotopic (exact) mass is 485 g/mol. The first-order chi connectivity index (χ1) is 15.4. The maximum atomic E-state index is 13.3. The van der Waals surface area contributed by atoms with E-state index in [4.69, 9.17) is 9.15 Å². The number of aromatic nitrogens is 2. The lowest BCUT2D eigenvalue weighted by Crippen LogP contribution is -2.35. The molecule has 1 saturated heterocycles. The Kier molecular flexibility index (Phi) is 4.83. The van der Waals surface area contributed by atoms with Crippen molar-refractivity contribution in [2.45, 2.75) is 54.7 Å². The number of amides is 1. The number of sulfone groups is 1. The van der Waals surface area contributed by atoms with Gasteiger partial charge in [0.2, 0.25) is 11.8 Å². The summed E-state index contributed by atoms with van der Waals surface area (Å²) in [6.07, 6.45) is -3.06. The summed E-state index contributed by atoms with van der Waals surface area (Å²) in [7, 11) is -3.69. The second kappa shape index (κ2) is 7.18. The normalized spacial score (nSPS) is 25.6. The van der Waals surface area contributed by atoms with E-state index < -0.39 is 33.4 Å². The zero-order chi connectivity index (χ0) is 23.8. The van der Waals surface area contributed by atoms with E-state index in [1.807, 2.05) is 0 Å². The number of hydrogen-bond donors (Lipinski definition) is 0. The SMILES string of the molecule is C[C@@H](Oc1ccc(S(C)(=O)=O)cc1C(=O)N1CC2CC2(c2nnc(C3CC3)o2)C1)C(F)(F)F. The first-order valence-electron chi connectivity index (χ1n) is 10.6. The summed E-state index contributed by atoms with van der Waals surface area (Å²) in [5.41, 5.74) is -0.681. The summed E-state index contributed by atoms with van der Waals surface area (Å²) in [5, 5.41) is 8.30. The highest BCUT2D eigenvalue weighted by atomic mass is 32.2. The van der Waals surface area contributed by atoms with Gasteiger partial charge in [0.15, 0.2) is 15.9 Å². The van der Waals surface area contributed by atoms with Gasteiger partial charge in [0, 0.05) is 25.3 Å². The number of fused-ring (bicyclic) bond motifs is 1. The van der Waals surface area contributed by atoms with E-state index in [-0.39, 0.29) is 28.7 Å². The lowest BCUT2D eigenvalue weighted by molar-refractivity contribution is -0.189. The zero-order valence-electron chi connectivity index (χ0n) is 17.9. The van der Waals surface area contributed by atoms with Crippen LogP contribution in [0.1, 0.15) is 54.2 Å². The molecule has 1 aromatic carbocycles. The Morgan fingerprint density at radius 2 is 2.03 bits per heavy atom. The fraction of sp³-hybridized carbons (Fsp3) is 0.571. The van der Waals surface area contributed by atoms with E-state index in [2.05, 4.69) is 10.2 Å². The van der Waals surface area contributed by atoms with Crippen molar-refractivity contribution in [1.82, 2.24) is 15.1 Å². The van der Waals surface area contributed by atoms with Gasteiger partial charge < -0.3 is 14.1 Å². The summed E-state index contributed by atoms with van der Waals surface area (Å²) >= 11 is 0. The van der Waals surface area contributed by atoms with Crippen molar-refractivity contribution >= 4 is 15.7 Å². The van der Waals surface area contributed by atoms with E-state index in [1.54, 1.807) is 0 Å². The molecule has 0 spiro atoms. The van der Waals surface area contributed by atoms with Gasteiger partial charge >= 0.3 is 6.18 Å². The van der Waals surface area contributed by atoms with Crippen molar-refractivity contribution in [3.63, 3.8) is 0 Å². The van der Waals surface area contributed by atoms with E-state index in [1.165, 1.54) is 4.90 Å². The number of carbonyl (C=O) groups excluding carboxylic acids is 1. The first-order valence-corrected chi connectivity index (χ1v) is 12.5. The molecule has 1 amide bonds. The Hall–Kier alpha value is -2.63. The van der Waals surface area contributed by atoms with Crippen molar-refractivity contribution in [1.29, 1.82) is 0 Å². The van der Waals surface area contributed by atoms with Gasteiger partial charge in [-0.2, -0.15) is 13.2 Å². The van der Waals surface area contributed by atoms with Crippen molar-refractivity contribution < 1.29 is 35.5 Å². The largest absolute Gasteiger partial charge is 0.480 e. The third kappa shape index (κ3) is 3.98. The van der Waals surface area contributed by atoms with Crippen LogP contribution in [0.3, 0.4) is 0 Å². The molecule has 0 bridgehead atoms. The number of halogens is 3. The standard InChI is InChI=1S/C21H22F3N3O5S/c1-11(21(22,23)24)31-16-6-5-14(33(2,29)30)7-15(16)18(28)27-9-13-8-20(13,10-27)19-26-25-17(32-19)12-3-4-12/h5-7,11-13H,3-4,8-10H2,1-2H3/t11-,13?,20?/m1/s1. The quantitative estimate of drug-likeness (QED) is 0.620. The third-order valence-corrected chi connectivity index (χ3v) is 7.71. The van der Waals surface area contributed by atoms with Gasteiger partial charge in [-0.1, -0.05) is 0 Å². The van der Waals surface area contributed by atoms with Crippen molar-refractivity contribution in [2.24, 2.45) is 5.92 Å².